The molecule has 0 saturated carbocycles. The molecule has 19 heavy (non-hydrogen) atoms. The van der Waals surface area contributed by atoms with E-state index in [0.717, 1.165) is 13.1 Å². The number of morpholine rings is 1. The number of hydrogen-bond donors (Lipinski definition) is 1. The second-order valence-corrected chi connectivity index (χ2v) is 6.47. The Kier molecular flexibility index (Phi) is 4.56. The molecule has 8 heteroatoms. The molecule has 0 radical (unpaired) electrons. The lowest BCUT2D eigenvalue weighted by Crippen LogP contribution is -2.47. The van der Waals surface area contributed by atoms with Gasteiger partial charge in [-0.25, -0.2) is 13.1 Å². The summed E-state index contributed by atoms with van der Waals surface area (Å²) in [6, 6.07) is 0.148. The predicted molar refractivity (Wildman–Crippen MR) is 70.3 cm³/mol. The summed E-state index contributed by atoms with van der Waals surface area (Å²) >= 11 is 0. The molecule has 1 aromatic rings. The normalized spacial score (nSPS) is 19.5. The first-order valence-corrected chi connectivity index (χ1v) is 7.77. The summed E-state index contributed by atoms with van der Waals surface area (Å²) in [7, 11) is -1.77. The van der Waals surface area contributed by atoms with E-state index < -0.39 is 10.0 Å². The molecule has 1 aliphatic heterocycles. The molecule has 1 unspecified atom stereocenters. The highest BCUT2D eigenvalue weighted by atomic mass is 32.2. The van der Waals surface area contributed by atoms with Gasteiger partial charge in [-0.1, -0.05) is 0 Å². The van der Waals surface area contributed by atoms with Crippen LogP contribution in [0.5, 0.6) is 0 Å². The van der Waals surface area contributed by atoms with E-state index in [1.54, 1.807) is 7.05 Å². The molecular weight excluding hydrogens is 268 g/mol. The quantitative estimate of drug-likeness (QED) is 0.784. The van der Waals surface area contributed by atoms with Crippen LogP contribution in [0.25, 0.3) is 0 Å². The van der Waals surface area contributed by atoms with Gasteiger partial charge in [0, 0.05) is 38.9 Å². The van der Waals surface area contributed by atoms with Crippen molar-refractivity contribution in [2.75, 3.05) is 32.8 Å². The summed E-state index contributed by atoms with van der Waals surface area (Å²) in [5.41, 5.74) is 0. The van der Waals surface area contributed by atoms with Crippen LogP contribution in [0.15, 0.2) is 17.3 Å². The number of sulfonamides is 1. The van der Waals surface area contributed by atoms with Gasteiger partial charge in [0.2, 0.25) is 10.0 Å². The second kappa shape index (κ2) is 6.00. The lowest BCUT2D eigenvalue weighted by molar-refractivity contribution is 0.0213. The summed E-state index contributed by atoms with van der Waals surface area (Å²) in [5.74, 6) is 0. The van der Waals surface area contributed by atoms with E-state index >= 15 is 0 Å². The molecule has 1 N–H and O–H groups in total. The molecule has 2 rings (SSSR count). The molecule has 2 heterocycles. The maximum atomic E-state index is 12.0. The highest BCUT2D eigenvalue weighted by Crippen LogP contribution is 2.07. The number of nitrogens with zero attached hydrogens (tertiary/aromatic N) is 3. The molecule has 108 valence electrons. The zero-order chi connectivity index (χ0) is 13.9. The van der Waals surface area contributed by atoms with Crippen molar-refractivity contribution in [1.82, 2.24) is 19.4 Å². The topological polar surface area (TPSA) is 76.5 Å². The van der Waals surface area contributed by atoms with Crippen molar-refractivity contribution >= 4 is 10.0 Å². The van der Waals surface area contributed by atoms with E-state index in [9.17, 15) is 8.42 Å². The predicted octanol–water partition coefficient (Wildman–Crippen LogP) is -0.581. The van der Waals surface area contributed by atoms with Crippen LogP contribution in [0.1, 0.15) is 6.92 Å². The van der Waals surface area contributed by atoms with Gasteiger partial charge in [0.1, 0.15) is 4.90 Å². The van der Waals surface area contributed by atoms with Crippen LogP contribution >= 0.6 is 0 Å². The molecule has 1 aromatic heterocycles. The summed E-state index contributed by atoms with van der Waals surface area (Å²) < 4.78 is 33.4. The Morgan fingerprint density at radius 1 is 1.47 bits per heavy atom. The zero-order valence-electron chi connectivity index (χ0n) is 11.2. The van der Waals surface area contributed by atoms with E-state index in [4.69, 9.17) is 4.74 Å². The Labute approximate surface area is 113 Å². The minimum absolute atomic E-state index is 0.148. The fourth-order valence-corrected chi connectivity index (χ4v) is 3.10. The molecule has 0 bridgehead atoms. The SMILES string of the molecule is CC(CNS(=O)(=O)c1cnn(C)c1)N1CCOCC1. The number of aryl methyl sites for hydroxylation is 1. The van der Waals surface area contributed by atoms with Crippen molar-refractivity contribution in [3.63, 3.8) is 0 Å². The second-order valence-electron chi connectivity index (χ2n) is 4.70. The highest BCUT2D eigenvalue weighted by Gasteiger charge is 2.21. The van der Waals surface area contributed by atoms with Crippen LogP contribution in [0.3, 0.4) is 0 Å². The number of rotatable bonds is 5. The van der Waals surface area contributed by atoms with Crippen molar-refractivity contribution in [2.24, 2.45) is 7.05 Å². The molecule has 0 amide bonds. The Morgan fingerprint density at radius 2 is 2.16 bits per heavy atom. The molecule has 1 saturated heterocycles. The van der Waals surface area contributed by atoms with Crippen molar-refractivity contribution in [1.29, 1.82) is 0 Å². The average molecular weight is 288 g/mol. The van der Waals surface area contributed by atoms with Crippen LogP contribution in [0, 0.1) is 0 Å². The van der Waals surface area contributed by atoms with E-state index in [0.29, 0.717) is 19.8 Å². The van der Waals surface area contributed by atoms with Crippen molar-refractivity contribution in [3.8, 4) is 0 Å². The maximum absolute atomic E-state index is 12.0. The zero-order valence-corrected chi connectivity index (χ0v) is 12.1. The minimum Gasteiger partial charge on any atom is -0.379 e. The molecule has 1 fully saturated rings. The summed E-state index contributed by atoms with van der Waals surface area (Å²) in [4.78, 5) is 2.42. The lowest BCUT2D eigenvalue weighted by Gasteiger charge is -2.32. The molecule has 0 aromatic carbocycles. The molecular formula is C11H20N4O3S. The number of aromatic nitrogens is 2. The summed E-state index contributed by atoms with van der Waals surface area (Å²) in [6.07, 6.45) is 2.84. The minimum atomic E-state index is -3.46. The maximum Gasteiger partial charge on any atom is 0.243 e. The van der Waals surface area contributed by atoms with Gasteiger partial charge < -0.3 is 4.74 Å². The van der Waals surface area contributed by atoms with E-state index in [1.165, 1.54) is 17.1 Å². The highest BCUT2D eigenvalue weighted by molar-refractivity contribution is 7.89. The van der Waals surface area contributed by atoms with Gasteiger partial charge in [-0.2, -0.15) is 5.10 Å². The van der Waals surface area contributed by atoms with Gasteiger partial charge in [0.15, 0.2) is 0 Å². The van der Waals surface area contributed by atoms with Crippen LogP contribution in [-0.4, -0.2) is 62.0 Å². The molecule has 7 nitrogen and oxygen atoms in total. The molecule has 1 aliphatic rings. The van der Waals surface area contributed by atoms with Crippen LogP contribution < -0.4 is 4.72 Å². The van der Waals surface area contributed by atoms with E-state index in [2.05, 4.69) is 14.7 Å². The largest absolute Gasteiger partial charge is 0.379 e. The number of ether oxygens (including phenoxy) is 1. The average Bonchev–Trinajstić information content (AvgIpc) is 2.85. The first-order chi connectivity index (χ1) is 8.99. The van der Waals surface area contributed by atoms with Crippen LogP contribution in [0.2, 0.25) is 0 Å². The van der Waals surface area contributed by atoms with Crippen molar-refractivity contribution < 1.29 is 13.2 Å². The molecule has 0 spiro atoms. The van der Waals surface area contributed by atoms with Gasteiger partial charge >= 0.3 is 0 Å². The third-order valence-electron chi connectivity index (χ3n) is 3.23. The fourth-order valence-electron chi connectivity index (χ4n) is 2.00. The Bertz CT molecular complexity index is 508. The lowest BCUT2D eigenvalue weighted by atomic mass is 10.2. The summed E-state index contributed by atoms with van der Waals surface area (Å²) in [6.45, 7) is 5.50. The molecule has 0 aliphatic carbocycles. The fraction of sp³-hybridized carbons (Fsp3) is 0.727. The number of nitrogens with one attached hydrogen (secondary N) is 1. The Morgan fingerprint density at radius 3 is 2.74 bits per heavy atom. The molecule has 1 atom stereocenters. The smallest absolute Gasteiger partial charge is 0.243 e. The first-order valence-electron chi connectivity index (χ1n) is 6.29. The third kappa shape index (κ3) is 3.75. The third-order valence-corrected chi connectivity index (χ3v) is 4.61. The monoisotopic (exact) mass is 288 g/mol. The standard InChI is InChI=1S/C11H20N4O3S/c1-10(15-3-5-18-6-4-15)7-13-19(16,17)11-8-12-14(2)9-11/h8-10,13H,3-7H2,1-2H3. The van der Waals surface area contributed by atoms with Gasteiger partial charge in [0.05, 0.1) is 19.4 Å². The van der Waals surface area contributed by atoms with Gasteiger partial charge in [0.25, 0.3) is 0 Å². The van der Waals surface area contributed by atoms with E-state index in [-0.39, 0.29) is 10.9 Å². The van der Waals surface area contributed by atoms with Crippen LogP contribution in [0.4, 0.5) is 0 Å². The van der Waals surface area contributed by atoms with E-state index in [1.807, 2.05) is 6.92 Å². The van der Waals surface area contributed by atoms with Crippen molar-refractivity contribution in [2.45, 2.75) is 17.9 Å². The summed E-state index contributed by atoms with van der Waals surface area (Å²) in [5, 5.41) is 3.87. The number of hydrogen-bond acceptors (Lipinski definition) is 5. The van der Waals surface area contributed by atoms with Gasteiger partial charge in [-0.15, -0.1) is 0 Å². The first kappa shape index (κ1) is 14.4. The van der Waals surface area contributed by atoms with Crippen molar-refractivity contribution in [3.05, 3.63) is 12.4 Å². The van der Waals surface area contributed by atoms with Crippen LogP contribution in [-0.2, 0) is 21.8 Å². The Hall–Kier alpha value is -0.960. The van der Waals surface area contributed by atoms with Gasteiger partial charge in [-0.05, 0) is 6.92 Å². The Balaban J connectivity index is 1.90. The van der Waals surface area contributed by atoms with Gasteiger partial charge in [-0.3, -0.25) is 9.58 Å².